The summed E-state index contributed by atoms with van der Waals surface area (Å²) in [4.78, 5) is -0.284. The number of nitrogen functional groups attached to an aromatic ring is 1. The molecule has 0 aliphatic carbocycles. The molecule has 1 heterocycles. The smallest absolute Gasteiger partial charge is 0.244 e. The molecular weight excluding hydrogens is 347 g/mol. The van der Waals surface area contributed by atoms with Crippen LogP contribution in [0.3, 0.4) is 0 Å². The molecule has 112 valence electrons. The van der Waals surface area contributed by atoms with Crippen molar-refractivity contribution < 1.29 is 16.8 Å². The Labute approximate surface area is 127 Å². The van der Waals surface area contributed by atoms with E-state index in [1.165, 1.54) is 12.1 Å². The Kier molecular flexibility index (Phi) is 4.23. The molecule has 0 aromatic heterocycles. The van der Waals surface area contributed by atoms with Crippen LogP contribution in [0.2, 0.25) is 10.0 Å². The fourth-order valence-corrected chi connectivity index (χ4v) is 6.07. The van der Waals surface area contributed by atoms with Gasteiger partial charge in [0.25, 0.3) is 0 Å². The second-order valence-electron chi connectivity index (χ2n) is 4.53. The average Bonchev–Trinajstić information content (AvgIpc) is 2.54. The highest BCUT2D eigenvalue weighted by Crippen LogP contribution is 2.31. The largest absolute Gasteiger partial charge is 0.398 e. The summed E-state index contributed by atoms with van der Waals surface area (Å²) in [5.74, 6) is -0.263. The SMILES string of the molecule is Nc1cc(Cl)cc(Cl)c1S(=O)(=O)NC1CCS(=O)(=O)C1. The third-order valence-electron chi connectivity index (χ3n) is 2.86. The zero-order chi connectivity index (χ0) is 15.1. The van der Waals surface area contributed by atoms with Gasteiger partial charge in [0.05, 0.1) is 22.2 Å². The van der Waals surface area contributed by atoms with Crippen LogP contribution in [-0.4, -0.2) is 34.4 Å². The highest BCUT2D eigenvalue weighted by molar-refractivity contribution is 7.92. The molecule has 1 unspecified atom stereocenters. The van der Waals surface area contributed by atoms with Crippen molar-refractivity contribution in [1.29, 1.82) is 0 Å². The maximum atomic E-state index is 12.2. The molecule has 10 heteroatoms. The molecule has 1 aromatic carbocycles. The minimum Gasteiger partial charge on any atom is -0.398 e. The molecular formula is C10H12Cl2N2O4S2. The summed E-state index contributed by atoms with van der Waals surface area (Å²) in [5, 5.41) is 0.109. The molecule has 1 aliphatic heterocycles. The summed E-state index contributed by atoms with van der Waals surface area (Å²) in [6, 6.07) is 1.86. The summed E-state index contributed by atoms with van der Waals surface area (Å²) in [6.07, 6.45) is 0.229. The Bertz CT molecular complexity index is 724. The van der Waals surface area contributed by atoms with E-state index in [4.69, 9.17) is 28.9 Å². The third-order valence-corrected chi connectivity index (χ3v) is 6.89. The predicted molar refractivity (Wildman–Crippen MR) is 78.3 cm³/mol. The highest BCUT2D eigenvalue weighted by Gasteiger charge is 2.33. The van der Waals surface area contributed by atoms with E-state index in [2.05, 4.69) is 4.72 Å². The van der Waals surface area contributed by atoms with Gasteiger partial charge < -0.3 is 5.73 Å². The Morgan fingerprint density at radius 2 is 1.95 bits per heavy atom. The van der Waals surface area contributed by atoms with Crippen LogP contribution in [0.25, 0.3) is 0 Å². The number of hydrogen-bond acceptors (Lipinski definition) is 5. The van der Waals surface area contributed by atoms with Crippen LogP contribution in [0.4, 0.5) is 5.69 Å². The summed E-state index contributed by atoms with van der Waals surface area (Å²) in [6.45, 7) is 0. The first-order valence-electron chi connectivity index (χ1n) is 5.58. The van der Waals surface area contributed by atoms with Crippen LogP contribution in [0, 0.1) is 0 Å². The molecule has 2 rings (SSSR count). The first kappa shape index (κ1) is 15.8. The fraction of sp³-hybridized carbons (Fsp3) is 0.400. The minimum absolute atomic E-state index is 0.0377. The van der Waals surface area contributed by atoms with Crippen LogP contribution >= 0.6 is 23.2 Å². The molecule has 1 aromatic rings. The number of sulfonamides is 1. The van der Waals surface area contributed by atoms with E-state index in [9.17, 15) is 16.8 Å². The molecule has 0 amide bonds. The molecule has 1 saturated heterocycles. The van der Waals surface area contributed by atoms with E-state index in [1.807, 2.05) is 0 Å². The third kappa shape index (κ3) is 3.37. The van der Waals surface area contributed by atoms with E-state index in [0.29, 0.717) is 0 Å². The molecule has 0 saturated carbocycles. The van der Waals surface area contributed by atoms with Crippen LogP contribution < -0.4 is 10.5 Å². The van der Waals surface area contributed by atoms with E-state index in [-0.39, 0.29) is 38.6 Å². The standard InChI is InChI=1S/C10H12Cl2N2O4S2/c11-6-3-8(12)10(9(13)4-6)20(17,18)14-7-1-2-19(15,16)5-7/h3-4,7,14H,1-2,5,13H2. The lowest BCUT2D eigenvalue weighted by molar-refractivity contribution is 0.563. The van der Waals surface area contributed by atoms with E-state index in [0.717, 1.165) is 0 Å². The zero-order valence-electron chi connectivity index (χ0n) is 10.1. The number of nitrogens with two attached hydrogens (primary N) is 1. The molecule has 1 aliphatic rings. The van der Waals surface area contributed by atoms with Gasteiger partial charge in [-0.15, -0.1) is 0 Å². The fourth-order valence-electron chi connectivity index (χ4n) is 2.03. The molecule has 3 N–H and O–H groups in total. The van der Waals surface area contributed by atoms with Crippen molar-refractivity contribution >= 4 is 48.7 Å². The summed E-state index contributed by atoms with van der Waals surface area (Å²) in [7, 11) is -7.19. The van der Waals surface area contributed by atoms with Gasteiger partial charge in [-0.2, -0.15) is 0 Å². The van der Waals surface area contributed by atoms with Crippen molar-refractivity contribution in [3.63, 3.8) is 0 Å². The molecule has 1 atom stereocenters. The van der Waals surface area contributed by atoms with E-state index >= 15 is 0 Å². The highest BCUT2D eigenvalue weighted by atomic mass is 35.5. The van der Waals surface area contributed by atoms with Crippen LogP contribution in [0.15, 0.2) is 17.0 Å². The minimum atomic E-state index is -4.00. The normalized spacial score (nSPS) is 22.0. The van der Waals surface area contributed by atoms with Gasteiger partial charge in [0.2, 0.25) is 10.0 Å². The van der Waals surface area contributed by atoms with Crippen molar-refractivity contribution in [1.82, 2.24) is 4.72 Å². The van der Waals surface area contributed by atoms with Crippen LogP contribution in [0.1, 0.15) is 6.42 Å². The van der Waals surface area contributed by atoms with Gasteiger partial charge in [0, 0.05) is 11.1 Å². The van der Waals surface area contributed by atoms with Crippen molar-refractivity contribution in [3.05, 3.63) is 22.2 Å². The van der Waals surface area contributed by atoms with Crippen LogP contribution in [-0.2, 0) is 19.9 Å². The lowest BCUT2D eigenvalue weighted by atomic mass is 10.3. The van der Waals surface area contributed by atoms with Crippen LogP contribution in [0.5, 0.6) is 0 Å². The molecule has 1 fully saturated rings. The summed E-state index contributed by atoms with van der Waals surface area (Å²) < 4.78 is 49.5. The van der Waals surface area contributed by atoms with Crippen molar-refractivity contribution in [3.8, 4) is 0 Å². The molecule has 0 radical (unpaired) electrons. The van der Waals surface area contributed by atoms with E-state index < -0.39 is 25.9 Å². The van der Waals surface area contributed by atoms with Gasteiger partial charge in [-0.1, -0.05) is 23.2 Å². The molecule has 0 bridgehead atoms. The lowest BCUT2D eigenvalue weighted by Gasteiger charge is -2.14. The quantitative estimate of drug-likeness (QED) is 0.785. The van der Waals surface area contributed by atoms with Crippen molar-refractivity contribution in [2.45, 2.75) is 17.4 Å². The van der Waals surface area contributed by atoms with Gasteiger partial charge in [0.15, 0.2) is 9.84 Å². The van der Waals surface area contributed by atoms with E-state index in [1.54, 1.807) is 0 Å². The lowest BCUT2D eigenvalue weighted by Crippen LogP contribution is -2.36. The number of benzene rings is 1. The van der Waals surface area contributed by atoms with Crippen molar-refractivity contribution in [2.75, 3.05) is 17.2 Å². The van der Waals surface area contributed by atoms with Gasteiger partial charge >= 0.3 is 0 Å². The zero-order valence-corrected chi connectivity index (χ0v) is 13.3. The average molecular weight is 359 g/mol. The van der Waals surface area contributed by atoms with Crippen molar-refractivity contribution in [2.24, 2.45) is 0 Å². The van der Waals surface area contributed by atoms with Gasteiger partial charge in [-0.3, -0.25) is 0 Å². The number of sulfone groups is 1. The topological polar surface area (TPSA) is 106 Å². The number of nitrogens with one attached hydrogen (secondary N) is 1. The van der Waals surface area contributed by atoms with Gasteiger partial charge in [-0.25, -0.2) is 21.6 Å². The first-order chi connectivity index (χ1) is 9.11. The number of rotatable bonds is 3. The Hall–Kier alpha value is -0.540. The maximum absolute atomic E-state index is 12.2. The number of hydrogen-bond donors (Lipinski definition) is 2. The Balaban J connectivity index is 2.33. The summed E-state index contributed by atoms with van der Waals surface area (Å²) >= 11 is 11.6. The monoisotopic (exact) mass is 358 g/mol. The maximum Gasteiger partial charge on any atom is 0.244 e. The second-order valence-corrected chi connectivity index (χ2v) is 9.25. The molecule has 20 heavy (non-hydrogen) atoms. The molecule has 0 spiro atoms. The number of halogens is 2. The van der Waals surface area contributed by atoms with Gasteiger partial charge in [0.1, 0.15) is 4.90 Å². The number of anilines is 1. The molecule has 6 nitrogen and oxygen atoms in total. The predicted octanol–water partition coefficient (Wildman–Crippen LogP) is 1.04. The Morgan fingerprint density at radius 3 is 2.45 bits per heavy atom. The van der Waals surface area contributed by atoms with Gasteiger partial charge in [-0.05, 0) is 18.6 Å². The Morgan fingerprint density at radius 1 is 1.30 bits per heavy atom. The summed E-state index contributed by atoms with van der Waals surface area (Å²) in [5.41, 5.74) is 5.54. The first-order valence-corrected chi connectivity index (χ1v) is 9.64. The second kappa shape index (κ2) is 5.34.